The lowest BCUT2D eigenvalue weighted by atomic mass is 10.5. The Morgan fingerprint density at radius 1 is 1.45 bits per heavy atom. The van der Waals surface area contributed by atoms with Gasteiger partial charge in [-0.3, -0.25) is 0 Å². The van der Waals surface area contributed by atoms with Crippen LogP contribution in [0.25, 0.3) is 5.52 Å². The van der Waals surface area contributed by atoms with Gasteiger partial charge in [-0.15, -0.1) is 0 Å². The van der Waals surface area contributed by atoms with Gasteiger partial charge in [0.25, 0.3) is 0 Å². The zero-order valence-corrected chi connectivity index (χ0v) is 6.09. The SMILES string of the molecule is Fc1cnn2cc(Cl)ncc12. The molecule has 3 nitrogen and oxygen atoms in total. The standard InChI is InChI=1S/C6H3ClFN3/c7-6-3-11-5(2-9-6)4(8)1-10-11/h1-3H. The summed E-state index contributed by atoms with van der Waals surface area (Å²) in [6.45, 7) is 0. The van der Waals surface area contributed by atoms with Gasteiger partial charge in [0.2, 0.25) is 0 Å². The number of aromatic nitrogens is 3. The minimum atomic E-state index is -0.394. The maximum Gasteiger partial charge on any atom is 0.170 e. The molecular formula is C6H3ClFN3. The van der Waals surface area contributed by atoms with Crippen molar-refractivity contribution in [1.29, 1.82) is 0 Å². The molecule has 0 atom stereocenters. The van der Waals surface area contributed by atoms with Crippen LogP contribution in [0.15, 0.2) is 18.6 Å². The molecule has 0 aromatic carbocycles. The Kier molecular flexibility index (Phi) is 1.29. The van der Waals surface area contributed by atoms with Crippen LogP contribution in [0.1, 0.15) is 0 Å². The topological polar surface area (TPSA) is 30.2 Å². The predicted molar refractivity (Wildman–Crippen MR) is 38.0 cm³/mol. The molecule has 0 saturated carbocycles. The van der Waals surface area contributed by atoms with Crippen LogP contribution < -0.4 is 0 Å². The van der Waals surface area contributed by atoms with Crippen LogP contribution in [0.3, 0.4) is 0 Å². The zero-order chi connectivity index (χ0) is 7.84. The average molecular weight is 172 g/mol. The Bertz CT molecular complexity index is 398. The lowest BCUT2D eigenvalue weighted by Gasteiger charge is -1.91. The maximum atomic E-state index is 12.7. The molecule has 0 aliphatic rings. The lowest BCUT2D eigenvalue weighted by Crippen LogP contribution is -1.87. The van der Waals surface area contributed by atoms with E-state index in [0.29, 0.717) is 10.7 Å². The largest absolute Gasteiger partial charge is 0.241 e. The van der Waals surface area contributed by atoms with E-state index in [0.717, 1.165) is 6.20 Å². The lowest BCUT2D eigenvalue weighted by molar-refractivity contribution is 0.638. The van der Waals surface area contributed by atoms with E-state index in [-0.39, 0.29) is 0 Å². The van der Waals surface area contributed by atoms with Gasteiger partial charge in [0, 0.05) is 0 Å². The van der Waals surface area contributed by atoms with Gasteiger partial charge >= 0.3 is 0 Å². The fraction of sp³-hybridized carbons (Fsp3) is 0. The van der Waals surface area contributed by atoms with Gasteiger partial charge in [0.05, 0.1) is 18.6 Å². The van der Waals surface area contributed by atoms with Gasteiger partial charge < -0.3 is 0 Å². The van der Waals surface area contributed by atoms with Crippen molar-refractivity contribution in [2.24, 2.45) is 0 Å². The normalized spacial score (nSPS) is 10.7. The third kappa shape index (κ3) is 0.952. The summed E-state index contributed by atoms with van der Waals surface area (Å²) >= 11 is 5.53. The molecule has 5 heteroatoms. The molecule has 0 saturated heterocycles. The Morgan fingerprint density at radius 3 is 3.09 bits per heavy atom. The summed E-state index contributed by atoms with van der Waals surface area (Å²) in [7, 11) is 0. The molecule has 0 radical (unpaired) electrons. The fourth-order valence-corrected chi connectivity index (χ4v) is 0.973. The third-order valence-electron chi connectivity index (χ3n) is 1.33. The maximum absolute atomic E-state index is 12.7. The van der Waals surface area contributed by atoms with Crippen molar-refractivity contribution < 1.29 is 4.39 Å². The molecule has 2 heterocycles. The van der Waals surface area contributed by atoms with Crippen molar-refractivity contribution in [2.75, 3.05) is 0 Å². The van der Waals surface area contributed by atoms with Crippen LogP contribution in [0, 0.1) is 5.82 Å². The molecular weight excluding hydrogens is 169 g/mol. The van der Waals surface area contributed by atoms with Crippen molar-refractivity contribution in [3.8, 4) is 0 Å². The van der Waals surface area contributed by atoms with Crippen molar-refractivity contribution in [1.82, 2.24) is 14.6 Å². The number of hydrogen-bond donors (Lipinski definition) is 0. The highest BCUT2D eigenvalue weighted by atomic mass is 35.5. The molecule has 56 valence electrons. The van der Waals surface area contributed by atoms with Crippen LogP contribution in [0.5, 0.6) is 0 Å². The molecule has 0 spiro atoms. The van der Waals surface area contributed by atoms with Crippen molar-refractivity contribution in [3.63, 3.8) is 0 Å². The van der Waals surface area contributed by atoms with Gasteiger partial charge in [-0.05, 0) is 0 Å². The highest BCUT2D eigenvalue weighted by Gasteiger charge is 2.02. The summed E-state index contributed by atoms with van der Waals surface area (Å²) < 4.78 is 14.0. The summed E-state index contributed by atoms with van der Waals surface area (Å²) in [6, 6.07) is 0. The van der Waals surface area contributed by atoms with Crippen molar-refractivity contribution in [2.45, 2.75) is 0 Å². The first-order valence-corrected chi connectivity index (χ1v) is 3.29. The molecule has 0 bridgehead atoms. The van der Waals surface area contributed by atoms with E-state index in [9.17, 15) is 4.39 Å². The first-order chi connectivity index (χ1) is 5.27. The average Bonchev–Trinajstić information content (AvgIpc) is 2.32. The first kappa shape index (κ1) is 6.54. The highest BCUT2D eigenvalue weighted by Crippen LogP contribution is 2.09. The molecule has 2 aromatic heterocycles. The minimum absolute atomic E-state index is 0.292. The van der Waals surface area contributed by atoms with Crippen LogP contribution in [0.4, 0.5) is 4.39 Å². The van der Waals surface area contributed by atoms with Crippen molar-refractivity contribution in [3.05, 3.63) is 29.6 Å². The zero-order valence-electron chi connectivity index (χ0n) is 5.33. The molecule has 2 rings (SSSR count). The Morgan fingerprint density at radius 2 is 2.27 bits per heavy atom. The van der Waals surface area contributed by atoms with Gasteiger partial charge in [-0.25, -0.2) is 13.9 Å². The second-order valence-corrected chi connectivity index (χ2v) is 2.42. The Labute approximate surface area is 66.4 Å². The van der Waals surface area contributed by atoms with E-state index < -0.39 is 5.82 Å². The number of hydrogen-bond acceptors (Lipinski definition) is 2. The fourth-order valence-electron chi connectivity index (χ4n) is 0.831. The number of halogens is 2. The Hall–Kier alpha value is -1.16. The molecule has 0 N–H and O–H groups in total. The molecule has 0 aliphatic heterocycles. The monoisotopic (exact) mass is 171 g/mol. The van der Waals surface area contributed by atoms with E-state index in [1.54, 1.807) is 0 Å². The van der Waals surface area contributed by atoms with Gasteiger partial charge in [0.15, 0.2) is 5.82 Å². The first-order valence-electron chi connectivity index (χ1n) is 2.92. The molecule has 0 unspecified atom stereocenters. The van der Waals surface area contributed by atoms with Crippen molar-refractivity contribution >= 4 is 17.1 Å². The van der Waals surface area contributed by atoms with Gasteiger partial charge in [0.1, 0.15) is 10.7 Å². The van der Waals surface area contributed by atoms with E-state index in [4.69, 9.17) is 11.6 Å². The number of fused-ring (bicyclic) bond motifs is 1. The molecule has 0 aliphatic carbocycles. The summed E-state index contributed by atoms with van der Waals surface area (Å²) in [4.78, 5) is 3.70. The molecule has 2 aromatic rings. The number of nitrogens with zero attached hydrogens (tertiary/aromatic N) is 3. The molecule has 11 heavy (non-hydrogen) atoms. The number of rotatable bonds is 0. The summed E-state index contributed by atoms with van der Waals surface area (Å²) in [5, 5.41) is 3.99. The van der Waals surface area contributed by atoms with Crippen LogP contribution in [0.2, 0.25) is 5.15 Å². The summed E-state index contributed by atoms with van der Waals surface area (Å²) in [5.74, 6) is -0.394. The van der Waals surface area contributed by atoms with Crippen LogP contribution in [-0.2, 0) is 0 Å². The summed E-state index contributed by atoms with van der Waals surface area (Å²) in [6.07, 6.45) is 3.90. The second kappa shape index (κ2) is 2.17. The predicted octanol–water partition coefficient (Wildman–Crippen LogP) is 1.52. The third-order valence-corrected chi connectivity index (χ3v) is 1.52. The van der Waals surface area contributed by atoms with E-state index in [2.05, 4.69) is 10.1 Å². The van der Waals surface area contributed by atoms with Crippen LogP contribution >= 0.6 is 11.6 Å². The summed E-state index contributed by atoms with van der Waals surface area (Å²) in [5.41, 5.74) is 0.328. The van der Waals surface area contributed by atoms with Crippen LogP contribution in [-0.4, -0.2) is 14.6 Å². The van der Waals surface area contributed by atoms with E-state index in [1.807, 2.05) is 0 Å². The Balaban J connectivity index is 2.86. The van der Waals surface area contributed by atoms with E-state index in [1.165, 1.54) is 16.9 Å². The van der Waals surface area contributed by atoms with E-state index >= 15 is 0 Å². The van der Waals surface area contributed by atoms with Gasteiger partial charge in [-0.1, -0.05) is 11.6 Å². The minimum Gasteiger partial charge on any atom is -0.241 e. The van der Waals surface area contributed by atoms with Gasteiger partial charge in [-0.2, -0.15) is 5.10 Å². The molecule has 0 amide bonds. The highest BCUT2D eigenvalue weighted by molar-refractivity contribution is 6.29. The quantitative estimate of drug-likeness (QED) is 0.602. The second-order valence-electron chi connectivity index (χ2n) is 2.03. The smallest absolute Gasteiger partial charge is 0.170 e. The molecule has 0 fully saturated rings.